The molecule has 25 atom stereocenters. The largest absolute Gasteiger partial charge is 0.394 e. The molecule has 0 unspecified atom stereocenters. The summed E-state index contributed by atoms with van der Waals surface area (Å²) in [5.41, 5.74) is 0. The van der Waals surface area contributed by atoms with E-state index in [1.54, 1.807) is 0 Å². The minimum absolute atomic E-state index is 0.741. The standard InChI is InChI=1S/C34H58N2O25/c1-8-17(42)21(46)24(49)32(54-8)59-27-13(6-39)58-31(16(36-10(3)41)29(27)61-34-26(51)23(48)19(44)12(5-38)57-34)53-7-14-20(45)28(15(30(52)55-14)35-9(2)40)60-33-25(50)22(47)18(43)11(4-37)56-33/h8,11-34,37-39,42-52H,4-7H2,1-3H3,(H,35,40)(H,36,41)/t8-,11+,12+,13+,14+,15+,16+,17+,18-,19-,20-,21+,22-,23-,24-,25+,26+,27+,28+,29+,30+,31+,32-,33-,34-/m0/s1. The van der Waals surface area contributed by atoms with E-state index in [1.165, 1.54) is 6.92 Å². The van der Waals surface area contributed by atoms with Crippen LogP contribution in [0.3, 0.4) is 0 Å². The van der Waals surface area contributed by atoms with Crippen molar-refractivity contribution in [3.8, 4) is 0 Å². The predicted molar refractivity (Wildman–Crippen MR) is 188 cm³/mol. The Morgan fingerprint density at radius 3 is 1.38 bits per heavy atom. The van der Waals surface area contributed by atoms with Gasteiger partial charge < -0.3 is 125 Å². The maximum atomic E-state index is 12.7. The molecule has 0 spiro atoms. The number of aliphatic hydroxyl groups excluding tert-OH is 14. The number of hydrogen-bond acceptors (Lipinski definition) is 25. The minimum atomic E-state index is -2.04. The third kappa shape index (κ3) is 10.9. The van der Waals surface area contributed by atoms with Crippen molar-refractivity contribution in [3.05, 3.63) is 0 Å². The number of nitrogens with one attached hydrogen (secondary N) is 2. The summed E-state index contributed by atoms with van der Waals surface area (Å²) in [6.45, 7) is -0.0137. The first-order chi connectivity index (χ1) is 28.7. The minimum Gasteiger partial charge on any atom is -0.394 e. The number of carbonyl (C=O) groups excluding carboxylic acids is 2. The van der Waals surface area contributed by atoms with Crippen LogP contribution in [-0.4, -0.2) is 263 Å². The quantitative estimate of drug-likeness (QED) is 0.0770. The molecule has 5 aliphatic rings. The van der Waals surface area contributed by atoms with E-state index in [9.17, 15) is 81.1 Å². The first-order valence-electron chi connectivity index (χ1n) is 19.4. The molecular formula is C34H58N2O25. The van der Waals surface area contributed by atoms with Crippen molar-refractivity contribution in [1.82, 2.24) is 10.6 Å². The van der Waals surface area contributed by atoms with E-state index >= 15 is 0 Å². The fraction of sp³-hybridized carbons (Fsp3) is 0.941. The summed E-state index contributed by atoms with van der Waals surface area (Å²) >= 11 is 0. The first-order valence-corrected chi connectivity index (χ1v) is 19.4. The highest BCUT2D eigenvalue weighted by Gasteiger charge is 2.56. The lowest BCUT2D eigenvalue weighted by Crippen LogP contribution is -2.70. The Morgan fingerprint density at radius 1 is 0.459 bits per heavy atom. The lowest BCUT2D eigenvalue weighted by Gasteiger charge is -2.50. The van der Waals surface area contributed by atoms with Gasteiger partial charge >= 0.3 is 0 Å². The van der Waals surface area contributed by atoms with Crippen LogP contribution in [0.4, 0.5) is 0 Å². The molecule has 0 aromatic carbocycles. The Bertz CT molecular complexity index is 1420. The molecule has 27 nitrogen and oxygen atoms in total. The lowest BCUT2D eigenvalue weighted by atomic mass is 9.94. The van der Waals surface area contributed by atoms with Gasteiger partial charge in [0.2, 0.25) is 11.8 Å². The highest BCUT2D eigenvalue weighted by atomic mass is 16.8. The van der Waals surface area contributed by atoms with Gasteiger partial charge in [0.1, 0.15) is 116 Å². The molecule has 5 fully saturated rings. The van der Waals surface area contributed by atoms with Crippen molar-refractivity contribution in [1.29, 1.82) is 0 Å². The molecule has 27 heteroatoms. The molecule has 16 N–H and O–H groups in total. The van der Waals surface area contributed by atoms with Crippen LogP contribution in [0.2, 0.25) is 0 Å². The maximum absolute atomic E-state index is 12.7. The monoisotopic (exact) mass is 894 g/mol. The Balaban J connectivity index is 1.44. The number of hydrogen-bond donors (Lipinski definition) is 16. The van der Waals surface area contributed by atoms with Gasteiger partial charge in [0.15, 0.2) is 31.5 Å². The molecule has 0 aliphatic carbocycles. The maximum Gasteiger partial charge on any atom is 0.217 e. The molecule has 2 amide bonds. The van der Waals surface area contributed by atoms with Crippen LogP contribution < -0.4 is 10.6 Å². The topological polar surface area (TPSA) is 424 Å². The van der Waals surface area contributed by atoms with Crippen LogP contribution in [0.5, 0.6) is 0 Å². The average molecular weight is 895 g/mol. The van der Waals surface area contributed by atoms with E-state index < -0.39 is 192 Å². The van der Waals surface area contributed by atoms with E-state index in [1.807, 2.05) is 0 Å². The molecule has 0 radical (unpaired) electrons. The van der Waals surface area contributed by atoms with Gasteiger partial charge in [-0.25, -0.2) is 0 Å². The molecule has 0 aromatic heterocycles. The molecule has 0 bridgehead atoms. The second-order valence-electron chi connectivity index (χ2n) is 15.4. The summed E-state index contributed by atoms with van der Waals surface area (Å²) < 4.78 is 51.8. The number of amides is 2. The van der Waals surface area contributed by atoms with Gasteiger partial charge in [-0.2, -0.15) is 0 Å². The second kappa shape index (κ2) is 21.3. The SMILES string of the molecule is CC(=O)N[C@@H]1[C@@H](O[C@@H]2O[C@H](CO)[C@H](O)[C@H](O)[C@H]2O)[C@@H](O)[C@@H](CO[C@@H]2O[C@H](CO)[C@@H](O[C@@H]3O[C@@H](C)[C@@H](O)[C@@H](O)[C@@H]3O)[C@H](O[C@@H]3O[C@H](CO)[C@H](O)[C@H](O)[C@H]3O)[C@H]2NC(C)=O)O[C@H]1O. The Morgan fingerprint density at radius 2 is 0.885 bits per heavy atom. The van der Waals surface area contributed by atoms with Gasteiger partial charge in [0.25, 0.3) is 0 Å². The van der Waals surface area contributed by atoms with Gasteiger partial charge in [0.05, 0.1) is 32.5 Å². The molecule has 5 aliphatic heterocycles. The third-order valence-electron chi connectivity index (χ3n) is 11.1. The Labute approximate surface area is 346 Å². The zero-order chi connectivity index (χ0) is 45.2. The van der Waals surface area contributed by atoms with Crippen molar-refractivity contribution in [2.24, 2.45) is 0 Å². The lowest BCUT2D eigenvalue weighted by molar-refractivity contribution is -0.376. The summed E-state index contributed by atoms with van der Waals surface area (Å²) in [5.74, 6) is -1.53. The summed E-state index contributed by atoms with van der Waals surface area (Å²) in [4.78, 5) is 24.8. The van der Waals surface area contributed by atoms with Crippen LogP contribution in [0, 0.1) is 0 Å². The normalized spacial score (nSPS) is 49.6. The van der Waals surface area contributed by atoms with Gasteiger partial charge in [-0.05, 0) is 6.92 Å². The van der Waals surface area contributed by atoms with Crippen LogP contribution in [-0.2, 0) is 52.2 Å². The van der Waals surface area contributed by atoms with Crippen molar-refractivity contribution < 1.29 is 124 Å². The van der Waals surface area contributed by atoms with Crippen LogP contribution in [0.15, 0.2) is 0 Å². The number of rotatable bonds is 14. The average Bonchev–Trinajstić information content (AvgIpc) is 3.22. The van der Waals surface area contributed by atoms with Crippen molar-refractivity contribution in [3.63, 3.8) is 0 Å². The number of ether oxygens (including phenoxy) is 9. The van der Waals surface area contributed by atoms with Crippen LogP contribution >= 0.6 is 0 Å². The van der Waals surface area contributed by atoms with Gasteiger partial charge in [-0.3, -0.25) is 9.59 Å². The van der Waals surface area contributed by atoms with Crippen molar-refractivity contribution in [2.75, 3.05) is 26.4 Å². The Kier molecular flexibility index (Phi) is 17.5. The molecule has 5 heterocycles. The predicted octanol–water partition coefficient (Wildman–Crippen LogP) is -10.6. The van der Waals surface area contributed by atoms with Crippen LogP contribution in [0.25, 0.3) is 0 Å². The van der Waals surface area contributed by atoms with E-state index in [0.717, 1.165) is 13.8 Å². The molecule has 354 valence electrons. The number of carbonyl (C=O) groups is 2. The molecule has 0 saturated carbocycles. The van der Waals surface area contributed by atoms with E-state index in [0.29, 0.717) is 0 Å². The first kappa shape index (κ1) is 50.0. The van der Waals surface area contributed by atoms with Crippen molar-refractivity contribution in [2.45, 2.75) is 174 Å². The highest BCUT2D eigenvalue weighted by Crippen LogP contribution is 2.35. The molecular weight excluding hydrogens is 836 g/mol. The second-order valence-corrected chi connectivity index (χ2v) is 15.4. The Hall–Kier alpha value is -1.98. The number of aliphatic hydroxyl groups is 14. The fourth-order valence-corrected chi connectivity index (χ4v) is 7.67. The van der Waals surface area contributed by atoms with Crippen molar-refractivity contribution >= 4 is 11.8 Å². The zero-order valence-electron chi connectivity index (χ0n) is 33.0. The van der Waals surface area contributed by atoms with Gasteiger partial charge in [-0.1, -0.05) is 0 Å². The molecule has 61 heavy (non-hydrogen) atoms. The van der Waals surface area contributed by atoms with E-state index in [2.05, 4.69) is 10.6 Å². The molecule has 0 aromatic rings. The highest BCUT2D eigenvalue weighted by molar-refractivity contribution is 5.73. The van der Waals surface area contributed by atoms with Gasteiger partial charge in [0, 0.05) is 13.8 Å². The smallest absolute Gasteiger partial charge is 0.217 e. The summed E-state index contributed by atoms with van der Waals surface area (Å²) in [6, 6.07) is -3.22. The van der Waals surface area contributed by atoms with Crippen LogP contribution in [0.1, 0.15) is 20.8 Å². The third-order valence-corrected chi connectivity index (χ3v) is 11.1. The van der Waals surface area contributed by atoms with E-state index in [4.69, 9.17) is 42.6 Å². The molecule has 5 saturated heterocycles. The van der Waals surface area contributed by atoms with E-state index in [-0.39, 0.29) is 0 Å². The van der Waals surface area contributed by atoms with Gasteiger partial charge in [-0.15, -0.1) is 0 Å². The molecule has 5 rings (SSSR count). The summed E-state index contributed by atoms with van der Waals surface area (Å²) in [5, 5.41) is 152. The fourth-order valence-electron chi connectivity index (χ4n) is 7.67. The zero-order valence-corrected chi connectivity index (χ0v) is 33.0. The summed E-state index contributed by atoms with van der Waals surface area (Å²) in [7, 11) is 0. The summed E-state index contributed by atoms with van der Waals surface area (Å²) in [6.07, 6.45) is -40.6.